The number of rotatable bonds is 4. The van der Waals surface area contributed by atoms with Crippen molar-refractivity contribution in [2.24, 2.45) is 0 Å². The van der Waals surface area contributed by atoms with Crippen LogP contribution in [0.15, 0.2) is 58.5 Å². The Hall–Kier alpha value is -3.13. The van der Waals surface area contributed by atoms with Crippen molar-refractivity contribution in [2.75, 3.05) is 12.3 Å². The number of aryl methyl sites for hydroxylation is 1. The average molecular weight is 448 g/mol. The molecule has 7 nitrogen and oxygen atoms in total. The molecule has 0 aliphatic carbocycles. The number of carbonyl (C=O) groups excluding carboxylic acids is 1. The van der Waals surface area contributed by atoms with E-state index in [0.717, 1.165) is 36.2 Å². The Balaban J connectivity index is 1.61. The largest absolute Gasteiger partial charge is 0.339 e. The van der Waals surface area contributed by atoms with E-state index in [1.165, 1.54) is 18.2 Å². The number of piperidine rings is 1. The summed E-state index contributed by atoms with van der Waals surface area (Å²) in [6.07, 6.45) is 3.29. The van der Waals surface area contributed by atoms with Crippen molar-refractivity contribution in [3.05, 3.63) is 64.4 Å². The van der Waals surface area contributed by atoms with Crippen molar-refractivity contribution in [2.45, 2.75) is 44.3 Å². The minimum Gasteiger partial charge on any atom is -0.339 e. The normalized spacial score (nSPS) is 16.7. The van der Waals surface area contributed by atoms with Gasteiger partial charge in [0.1, 0.15) is 0 Å². The van der Waals surface area contributed by atoms with Gasteiger partial charge in [0.05, 0.1) is 22.3 Å². The van der Waals surface area contributed by atoms with Gasteiger partial charge >= 0.3 is 0 Å². The Kier molecular flexibility index (Phi) is 5.46. The Morgan fingerprint density at radius 2 is 1.88 bits per heavy atom. The van der Waals surface area contributed by atoms with Gasteiger partial charge in [-0.15, -0.1) is 10.2 Å². The lowest BCUT2D eigenvalue weighted by Gasteiger charge is -2.33. The molecule has 2 aromatic carbocycles. The lowest BCUT2D eigenvalue weighted by atomic mass is 10.0. The molecule has 5 rings (SSSR count). The number of fused-ring (bicyclic) bond motifs is 3. The van der Waals surface area contributed by atoms with Crippen molar-refractivity contribution in [1.82, 2.24) is 24.1 Å². The van der Waals surface area contributed by atoms with E-state index in [4.69, 9.17) is 0 Å². The lowest BCUT2D eigenvalue weighted by molar-refractivity contribution is -0.131. The van der Waals surface area contributed by atoms with Gasteiger partial charge < -0.3 is 4.90 Å². The molecule has 1 aliphatic rings. The van der Waals surface area contributed by atoms with E-state index < -0.39 is 0 Å². The molecule has 0 bridgehead atoms. The van der Waals surface area contributed by atoms with Crippen LogP contribution in [0.3, 0.4) is 0 Å². The van der Waals surface area contributed by atoms with Crippen LogP contribution in [-0.2, 0) is 4.79 Å². The molecule has 0 saturated carbocycles. The van der Waals surface area contributed by atoms with Gasteiger partial charge in [0.2, 0.25) is 11.7 Å². The number of aromatic nitrogens is 4. The molecule has 4 aromatic rings. The van der Waals surface area contributed by atoms with Crippen LogP contribution in [0, 0.1) is 6.92 Å². The van der Waals surface area contributed by atoms with Crippen LogP contribution >= 0.6 is 11.8 Å². The van der Waals surface area contributed by atoms with Gasteiger partial charge in [-0.25, -0.2) is 4.57 Å². The van der Waals surface area contributed by atoms with E-state index in [0.29, 0.717) is 22.1 Å². The van der Waals surface area contributed by atoms with Crippen LogP contribution in [0.25, 0.3) is 22.4 Å². The van der Waals surface area contributed by atoms with Crippen molar-refractivity contribution >= 4 is 34.3 Å². The minimum absolute atomic E-state index is 0.121. The third-order valence-corrected chi connectivity index (χ3v) is 7.11. The fourth-order valence-electron chi connectivity index (χ4n) is 4.48. The van der Waals surface area contributed by atoms with Crippen LogP contribution in [0.1, 0.15) is 31.7 Å². The highest BCUT2D eigenvalue weighted by molar-refractivity contribution is 7.99. The summed E-state index contributed by atoms with van der Waals surface area (Å²) in [5, 5.41) is 9.96. The summed E-state index contributed by atoms with van der Waals surface area (Å²) in [7, 11) is 0. The molecule has 1 unspecified atom stereocenters. The van der Waals surface area contributed by atoms with Gasteiger partial charge in [0.15, 0.2) is 5.16 Å². The zero-order valence-corrected chi connectivity index (χ0v) is 19.0. The van der Waals surface area contributed by atoms with Crippen LogP contribution in [-0.4, -0.2) is 48.3 Å². The SMILES string of the molecule is Cc1ccccc1-n1c(=O)c2ccccc2n2c(SCC(=O)N3CCCCC3C)nnc12. The van der Waals surface area contributed by atoms with Gasteiger partial charge in [-0.05, 0) is 56.9 Å². The topological polar surface area (TPSA) is 72.5 Å². The molecule has 32 heavy (non-hydrogen) atoms. The summed E-state index contributed by atoms with van der Waals surface area (Å²) in [6, 6.07) is 15.5. The lowest BCUT2D eigenvalue weighted by Crippen LogP contribution is -2.42. The molecule has 1 amide bonds. The first-order chi connectivity index (χ1) is 15.6. The quantitative estimate of drug-likeness (QED) is 0.445. The number of amides is 1. The first-order valence-corrected chi connectivity index (χ1v) is 11.9. The number of likely N-dealkylation sites (tertiary alicyclic amines) is 1. The van der Waals surface area contributed by atoms with E-state index in [-0.39, 0.29) is 17.5 Å². The maximum absolute atomic E-state index is 13.4. The third kappa shape index (κ3) is 3.48. The smallest absolute Gasteiger partial charge is 0.267 e. The van der Waals surface area contributed by atoms with Crippen LogP contribution in [0.2, 0.25) is 0 Å². The summed E-state index contributed by atoms with van der Waals surface area (Å²) < 4.78 is 3.50. The zero-order valence-electron chi connectivity index (χ0n) is 18.2. The molecule has 2 aromatic heterocycles. The molecule has 1 fully saturated rings. The predicted octanol–water partition coefficient (Wildman–Crippen LogP) is 3.83. The van der Waals surface area contributed by atoms with Gasteiger partial charge in [0.25, 0.3) is 5.56 Å². The van der Waals surface area contributed by atoms with Crippen molar-refractivity contribution in [3.8, 4) is 5.69 Å². The minimum atomic E-state index is -0.135. The van der Waals surface area contributed by atoms with Gasteiger partial charge in [-0.3, -0.25) is 14.0 Å². The number of thioether (sulfide) groups is 1. The van der Waals surface area contributed by atoms with E-state index in [9.17, 15) is 9.59 Å². The van der Waals surface area contributed by atoms with Crippen molar-refractivity contribution < 1.29 is 4.79 Å². The number of hydrogen-bond donors (Lipinski definition) is 0. The number of para-hydroxylation sites is 2. The summed E-state index contributed by atoms with van der Waals surface area (Å²) in [4.78, 5) is 28.3. The van der Waals surface area contributed by atoms with E-state index in [1.54, 1.807) is 4.57 Å². The molecule has 0 spiro atoms. The fourth-order valence-corrected chi connectivity index (χ4v) is 5.31. The maximum atomic E-state index is 13.4. The van der Waals surface area contributed by atoms with Crippen LogP contribution in [0.5, 0.6) is 0 Å². The Bertz CT molecular complexity index is 1380. The van der Waals surface area contributed by atoms with Crippen molar-refractivity contribution in [1.29, 1.82) is 0 Å². The number of carbonyl (C=O) groups is 1. The van der Waals surface area contributed by atoms with Gasteiger partial charge in [-0.1, -0.05) is 42.1 Å². The van der Waals surface area contributed by atoms with E-state index in [2.05, 4.69) is 17.1 Å². The maximum Gasteiger partial charge on any atom is 0.267 e. The average Bonchev–Trinajstić information content (AvgIpc) is 3.23. The van der Waals surface area contributed by atoms with E-state index >= 15 is 0 Å². The Morgan fingerprint density at radius 3 is 2.69 bits per heavy atom. The first kappa shape index (κ1) is 20.8. The second-order valence-corrected chi connectivity index (χ2v) is 9.23. The fraction of sp³-hybridized carbons (Fsp3) is 0.333. The number of hydrogen-bond acceptors (Lipinski definition) is 5. The van der Waals surface area contributed by atoms with Crippen molar-refractivity contribution in [3.63, 3.8) is 0 Å². The standard InChI is InChI=1S/C24H25N5O2S/c1-16-9-3-5-12-19(16)28-22(31)18-11-4-6-13-20(18)29-23(28)25-26-24(29)32-15-21(30)27-14-8-7-10-17(27)2/h3-6,9,11-13,17H,7-8,10,14-15H2,1-2H3. The molecule has 0 radical (unpaired) electrons. The summed E-state index contributed by atoms with van der Waals surface area (Å²) in [6.45, 7) is 4.90. The summed E-state index contributed by atoms with van der Waals surface area (Å²) >= 11 is 1.37. The molecule has 1 atom stereocenters. The highest BCUT2D eigenvalue weighted by Gasteiger charge is 2.24. The van der Waals surface area contributed by atoms with Gasteiger partial charge in [0, 0.05) is 12.6 Å². The Labute approximate surface area is 190 Å². The highest BCUT2D eigenvalue weighted by Crippen LogP contribution is 2.25. The summed E-state index contributed by atoms with van der Waals surface area (Å²) in [5.74, 6) is 0.864. The third-order valence-electron chi connectivity index (χ3n) is 6.20. The molecule has 1 aliphatic heterocycles. The molecule has 0 N–H and O–H groups in total. The molecular weight excluding hydrogens is 422 g/mol. The van der Waals surface area contributed by atoms with Crippen LogP contribution in [0.4, 0.5) is 0 Å². The zero-order chi connectivity index (χ0) is 22.2. The first-order valence-electron chi connectivity index (χ1n) is 10.9. The molecule has 1 saturated heterocycles. The molecule has 3 heterocycles. The van der Waals surface area contributed by atoms with E-state index in [1.807, 2.05) is 64.8 Å². The second kappa shape index (κ2) is 8.43. The Morgan fingerprint density at radius 1 is 1.09 bits per heavy atom. The van der Waals surface area contributed by atoms with Gasteiger partial charge in [-0.2, -0.15) is 0 Å². The predicted molar refractivity (Wildman–Crippen MR) is 127 cm³/mol. The highest BCUT2D eigenvalue weighted by atomic mass is 32.2. The monoisotopic (exact) mass is 447 g/mol. The summed E-state index contributed by atoms with van der Waals surface area (Å²) in [5.41, 5.74) is 2.35. The van der Waals surface area contributed by atoms with Crippen LogP contribution < -0.4 is 5.56 Å². The molecule has 8 heteroatoms. The molecular formula is C24H25N5O2S. The second-order valence-electron chi connectivity index (χ2n) is 8.28. The number of nitrogens with zero attached hydrogens (tertiary/aromatic N) is 5. The number of benzene rings is 2. The molecule has 164 valence electrons.